The van der Waals surface area contributed by atoms with E-state index in [9.17, 15) is 24.3 Å². The van der Waals surface area contributed by atoms with E-state index in [1.165, 1.54) is 24.3 Å². The third-order valence-electron chi connectivity index (χ3n) is 7.36. The summed E-state index contributed by atoms with van der Waals surface area (Å²) in [5, 5.41) is 21.3. The molecule has 15 nitrogen and oxygen atoms in total. The third-order valence-corrected chi connectivity index (χ3v) is 7.36. The monoisotopic (exact) mass is 742 g/mol. The maximum absolute atomic E-state index is 13.5. The molecule has 0 fully saturated rings. The number of aromatic hydroxyl groups is 1. The van der Waals surface area contributed by atoms with Crippen LogP contribution in [-0.2, 0) is 42.8 Å². The van der Waals surface area contributed by atoms with Gasteiger partial charge in [-0.25, -0.2) is 0 Å². The third kappa shape index (κ3) is 25.0. The van der Waals surface area contributed by atoms with E-state index in [-0.39, 0.29) is 127 Å². The van der Waals surface area contributed by atoms with E-state index in [0.717, 1.165) is 0 Å². The number of amides is 4. The molecule has 1 rings (SSSR count). The predicted molar refractivity (Wildman–Crippen MR) is 196 cm³/mol. The first-order valence-corrected chi connectivity index (χ1v) is 17.4. The summed E-state index contributed by atoms with van der Waals surface area (Å²) in [6.07, 6.45) is 15.7. The van der Waals surface area contributed by atoms with Gasteiger partial charge in [-0.3, -0.25) is 19.2 Å². The van der Waals surface area contributed by atoms with Crippen LogP contribution >= 0.6 is 0 Å². The lowest BCUT2D eigenvalue weighted by molar-refractivity contribution is -0.121. The minimum Gasteiger partial charge on any atom is -0.508 e. The van der Waals surface area contributed by atoms with Gasteiger partial charge in [0.05, 0.1) is 59.5 Å². The lowest BCUT2D eigenvalue weighted by atomic mass is 9.82. The molecule has 0 saturated heterocycles. The molecular formula is C38H54N4O11. The zero-order chi connectivity index (χ0) is 38.8. The Hall–Kier alpha value is -4.66. The number of benzene rings is 1. The van der Waals surface area contributed by atoms with Crippen molar-refractivity contribution in [2.24, 2.45) is 0 Å². The number of carbonyl (C=O) groups excluding carboxylic acids is 4. The summed E-state index contributed by atoms with van der Waals surface area (Å²) in [5.74, 6) is 5.50. The molecule has 0 bridgehead atoms. The van der Waals surface area contributed by atoms with Gasteiger partial charge >= 0.3 is 0 Å². The van der Waals surface area contributed by atoms with Gasteiger partial charge in [0.2, 0.25) is 17.7 Å². The summed E-state index contributed by atoms with van der Waals surface area (Å²) in [5.41, 5.74) is -1.00. The second-order valence-electron chi connectivity index (χ2n) is 11.4. The van der Waals surface area contributed by atoms with Crippen molar-refractivity contribution in [2.45, 2.75) is 44.1 Å². The predicted octanol–water partition coefficient (Wildman–Crippen LogP) is 0.549. The molecule has 15 heteroatoms. The Kier molecular flexibility index (Phi) is 27.0. The summed E-state index contributed by atoms with van der Waals surface area (Å²) in [6, 6.07) is 5.78. The molecule has 5 N–H and O–H groups in total. The molecule has 0 aliphatic carbocycles. The van der Waals surface area contributed by atoms with Gasteiger partial charge in [-0.2, -0.15) is 0 Å². The lowest BCUT2D eigenvalue weighted by Gasteiger charge is -2.35. The minimum absolute atomic E-state index is 0.0278. The molecule has 292 valence electrons. The Morgan fingerprint density at radius 2 is 0.962 bits per heavy atom. The van der Waals surface area contributed by atoms with Crippen LogP contribution in [0.5, 0.6) is 5.75 Å². The highest BCUT2D eigenvalue weighted by atomic mass is 16.5. The van der Waals surface area contributed by atoms with Gasteiger partial charge in [-0.05, 0) is 37.5 Å². The van der Waals surface area contributed by atoms with Crippen LogP contribution < -0.4 is 21.3 Å². The normalized spacial score (nSPS) is 10.7. The quantitative estimate of drug-likeness (QED) is 0.0512. The number of ether oxygens (including phenoxy) is 6. The number of phenols is 1. The van der Waals surface area contributed by atoms with E-state index in [1.807, 2.05) is 0 Å². The van der Waals surface area contributed by atoms with Gasteiger partial charge in [0.15, 0.2) is 0 Å². The van der Waals surface area contributed by atoms with Crippen molar-refractivity contribution in [3.63, 3.8) is 0 Å². The highest BCUT2D eigenvalue weighted by Gasteiger charge is 2.34. The van der Waals surface area contributed by atoms with Gasteiger partial charge in [-0.1, -0.05) is 23.8 Å². The topological polar surface area (TPSA) is 192 Å². The van der Waals surface area contributed by atoms with E-state index in [2.05, 4.69) is 39.0 Å². The number of terminal acetylenes is 3. The maximum atomic E-state index is 13.5. The Morgan fingerprint density at radius 3 is 1.32 bits per heavy atom. The summed E-state index contributed by atoms with van der Waals surface area (Å²) < 4.78 is 31.8. The van der Waals surface area contributed by atoms with Gasteiger partial charge in [0.1, 0.15) is 25.6 Å². The maximum Gasteiger partial charge on any atom is 0.251 e. The van der Waals surface area contributed by atoms with Gasteiger partial charge in [0.25, 0.3) is 5.91 Å². The number of nitrogens with one attached hydrogen (secondary N) is 4. The molecule has 0 heterocycles. The highest BCUT2D eigenvalue weighted by molar-refractivity contribution is 5.95. The first kappa shape index (κ1) is 46.4. The summed E-state index contributed by atoms with van der Waals surface area (Å²) in [7, 11) is 0. The number of carbonyl (C=O) groups is 4. The summed E-state index contributed by atoms with van der Waals surface area (Å²) in [6.45, 7) is 3.90. The van der Waals surface area contributed by atoms with Crippen LogP contribution in [0.4, 0.5) is 0 Å². The fourth-order valence-electron chi connectivity index (χ4n) is 4.69. The van der Waals surface area contributed by atoms with Crippen molar-refractivity contribution in [1.29, 1.82) is 0 Å². The van der Waals surface area contributed by atoms with Crippen molar-refractivity contribution in [3.8, 4) is 42.8 Å². The number of hydrogen-bond donors (Lipinski definition) is 5. The molecule has 0 saturated carbocycles. The molecule has 0 atom stereocenters. The van der Waals surface area contributed by atoms with Gasteiger partial charge in [0, 0.05) is 50.0 Å². The Balaban J connectivity index is 2.95. The van der Waals surface area contributed by atoms with E-state index in [4.69, 9.17) is 47.7 Å². The largest absolute Gasteiger partial charge is 0.508 e. The molecule has 4 amide bonds. The average molecular weight is 743 g/mol. The Labute approximate surface area is 312 Å². The SMILES string of the molecule is C#CCOCCOCCNC(=O)CCC(CCC(=O)NCCOCCOCC#C)(CCC(=O)NCCOCCOCC#C)NC(=O)c1cccc(O)c1. The van der Waals surface area contributed by atoms with Crippen LogP contribution in [0.1, 0.15) is 48.9 Å². The number of hydrogen-bond acceptors (Lipinski definition) is 11. The zero-order valence-electron chi connectivity index (χ0n) is 30.4. The molecule has 0 spiro atoms. The summed E-state index contributed by atoms with van der Waals surface area (Å²) >= 11 is 0. The van der Waals surface area contributed by atoms with Crippen LogP contribution in [0.15, 0.2) is 24.3 Å². The lowest BCUT2D eigenvalue weighted by Crippen LogP contribution is -2.50. The van der Waals surface area contributed by atoms with Crippen molar-refractivity contribution in [2.75, 3.05) is 98.9 Å². The van der Waals surface area contributed by atoms with Crippen molar-refractivity contribution < 1.29 is 52.7 Å². The van der Waals surface area contributed by atoms with E-state index in [1.54, 1.807) is 0 Å². The van der Waals surface area contributed by atoms with Gasteiger partial charge in [-0.15, -0.1) is 19.3 Å². The molecule has 0 unspecified atom stereocenters. The van der Waals surface area contributed by atoms with Crippen LogP contribution in [0.2, 0.25) is 0 Å². The molecule has 1 aromatic carbocycles. The van der Waals surface area contributed by atoms with E-state index < -0.39 is 11.4 Å². The number of phenolic OH excluding ortho intramolecular Hbond substituents is 1. The van der Waals surface area contributed by atoms with Crippen molar-refractivity contribution in [1.82, 2.24) is 21.3 Å². The average Bonchev–Trinajstić information content (AvgIpc) is 3.15. The zero-order valence-corrected chi connectivity index (χ0v) is 30.4. The molecule has 0 radical (unpaired) electrons. The first-order valence-electron chi connectivity index (χ1n) is 17.4. The Bertz CT molecular complexity index is 1220. The standard InChI is InChI=1S/C38H54N4O11/c1-4-19-48-25-28-51-22-16-39-34(44)10-13-38(42-37(47)32-8-7-9-33(43)31-32,14-11-35(45)40-17-23-52-29-26-49-20-5-2)15-12-36(46)41-18-24-53-30-27-50-21-6-3/h1-3,7-9,31,43H,10-30H2,(H,39,44)(H,40,45)(H,41,46)(H,42,47). The van der Waals surface area contributed by atoms with Gasteiger partial charge < -0.3 is 54.8 Å². The van der Waals surface area contributed by atoms with Crippen LogP contribution in [0.3, 0.4) is 0 Å². The highest BCUT2D eigenvalue weighted by Crippen LogP contribution is 2.27. The number of rotatable bonds is 32. The molecular weight excluding hydrogens is 688 g/mol. The second kappa shape index (κ2) is 30.9. The van der Waals surface area contributed by atoms with E-state index in [0.29, 0.717) is 39.6 Å². The van der Waals surface area contributed by atoms with Crippen LogP contribution in [0.25, 0.3) is 0 Å². The minimum atomic E-state index is -1.17. The fourth-order valence-corrected chi connectivity index (χ4v) is 4.69. The first-order chi connectivity index (χ1) is 25.7. The van der Waals surface area contributed by atoms with Crippen LogP contribution in [-0.4, -0.2) is 133 Å². The molecule has 1 aromatic rings. The summed E-state index contributed by atoms with van der Waals surface area (Å²) in [4.78, 5) is 52.3. The molecule has 53 heavy (non-hydrogen) atoms. The Morgan fingerprint density at radius 1 is 0.585 bits per heavy atom. The van der Waals surface area contributed by atoms with Crippen molar-refractivity contribution >= 4 is 23.6 Å². The molecule has 0 aliphatic heterocycles. The molecule has 0 aliphatic rings. The van der Waals surface area contributed by atoms with Crippen molar-refractivity contribution in [3.05, 3.63) is 29.8 Å². The van der Waals surface area contributed by atoms with E-state index >= 15 is 0 Å². The molecule has 0 aromatic heterocycles. The second-order valence-corrected chi connectivity index (χ2v) is 11.4. The smallest absolute Gasteiger partial charge is 0.251 e. The van der Waals surface area contributed by atoms with Crippen LogP contribution in [0, 0.1) is 37.0 Å². The fraction of sp³-hybridized carbons (Fsp3) is 0.579.